The van der Waals surface area contributed by atoms with Gasteiger partial charge in [0.25, 0.3) is 11.8 Å². The number of nitrogens with one attached hydrogen (secondary N) is 2. The highest BCUT2D eigenvalue weighted by Crippen LogP contribution is 2.24. The van der Waals surface area contributed by atoms with Gasteiger partial charge in [0.05, 0.1) is 11.4 Å². The molecule has 2 heterocycles. The highest BCUT2D eigenvalue weighted by molar-refractivity contribution is 6.23. The first-order valence-electron chi connectivity index (χ1n) is 9.77. The highest BCUT2D eigenvalue weighted by atomic mass is 16.2. The van der Waals surface area contributed by atoms with Gasteiger partial charge in [-0.1, -0.05) is 48.5 Å². The van der Waals surface area contributed by atoms with E-state index < -0.39 is 23.9 Å². The van der Waals surface area contributed by atoms with Crippen LogP contribution in [0.15, 0.2) is 59.6 Å². The number of hydrogen-bond donors (Lipinski definition) is 2. The van der Waals surface area contributed by atoms with Crippen molar-refractivity contribution in [1.82, 2.24) is 10.2 Å². The number of aliphatic imine (C=N–C) groups is 1. The summed E-state index contributed by atoms with van der Waals surface area (Å²) in [6.07, 6.45) is 2.90. The van der Waals surface area contributed by atoms with Crippen LogP contribution in [0.4, 0.5) is 10.5 Å². The number of urea groups is 1. The van der Waals surface area contributed by atoms with Gasteiger partial charge in [0, 0.05) is 24.2 Å². The van der Waals surface area contributed by atoms with E-state index in [1.807, 2.05) is 48.5 Å². The van der Waals surface area contributed by atoms with Crippen molar-refractivity contribution in [3.63, 3.8) is 0 Å². The monoisotopic (exact) mass is 390 g/mol. The lowest BCUT2D eigenvalue weighted by molar-refractivity contribution is -0.127. The third kappa shape index (κ3) is 4.03. The molecule has 0 radical (unpaired) electrons. The number of likely N-dealkylation sites (tertiary alicyclic amines) is 1. The predicted molar refractivity (Wildman–Crippen MR) is 110 cm³/mol. The molecule has 1 fully saturated rings. The van der Waals surface area contributed by atoms with Crippen LogP contribution in [0.2, 0.25) is 0 Å². The average Bonchev–Trinajstić information content (AvgIpc) is 2.91. The van der Waals surface area contributed by atoms with Gasteiger partial charge in [-0.15, -0.1) is 0 Å². The molecule has 0 aliphatic carbocycles. The van der Waals surface area contributed by atoms with E-state index in [9.17, 15) is 14.4 Å². The summed E-state index contributed by atoms with van der Waals surface area (Å²) in [4.78, 5) is 44.1. The van der Waals surface area contributed by atoms with Crippen molar-refractivity contribution in [2.75, 3.05) is 18.4 Å². The fraction of sp³-hybridized carbons (Fsp3) is 0.273. The van der Waals surface area contributed by atoms with E-state index in [1.54, 1.807) is 11.0 Å². The number of rotatable bonds is 2. The van der Waals surface area contributed by atoms with Crippen molar-refractivity contribution in [3.05, 3.63) is 65.7 Å². The second-order valence-electron chi connectivity index (χ2n) is 7.12. The molecule has 2 aliphatic rings. The Kier molecular flexibility index (Phi) is 5.37. The van der Waals surface area contributed by atoms with E-state index in [2.05, 4.69) is 15.6 Å². The Hall–Kier alpha value is -3.48. The predicted octanol–water partition coefficient (Wildman–Crippen LogP) is 2.57. The molecule has 2 N–H and O–H groups in total. The molecule has 1 atom stereocenters. The Balaban J connectivity index is 1.65. The summed E-state index contributed by atoms with van der Waals surface area (Å²) >= 11 is 0. The number of imide groups is 1. The van der Waals surface area contributed by atoms with Crippen LogP contribution < -0.4 is 10.6 Å². The fourth-order valence-electron chi connectivity index (χ4n) is 3.61. The largest absolute Gasteiger partial charge is 0.324 e. The summed E-state index contributed by atoms with van der Waals surface area (Å²) < 4.78 is 0. The van der Waals surface area contributed by atoms with E-state index >= 15 is 0 Å². The van der Waals surface area contributed by atoms with E-state index in [1.165, 1.54) is 0 Å². The minimum absolute atomic E-state index is 0.472. The Morgan fingerprint density at radius 1 is 0.966 bits per heavy atom. The molecule has 0 aromatic heterocycles. The third-order valence-electron chi connectivity index (χ3n) is 5.12. The quantitative estimate of drug-likeness (QED) is 0.772. The van der Waals surface area contributed by atoms with Crippen molar-refractivity contribution in [2.45, 2.75) is 25.3 Å². The van der Waals surface area contributed by atoms with Crippen LogP contribution in [-0.4, -0.2) is 47.6 Å². The van der Waals surface area contributed by atoms with Crippen LogP contribution in [0.5, 0.6) is 0 Å². The fourth-order valence-corrected chi connectivity index (χ4v) is 3.61. The van der Waals surface area contributed by atoms with Crippen molar-refractivity contribution >= 4 is 29.2 Å². The minimum Gasteiger partial charge on any atom is -0.324 e. The first-order chi connectivity index (χ1) is 14.1. The molecule has 4 rings (SSSR count). The van der Waals surface area contributed by atoms with E-state index in [-0.39, 0.29) is 0 Å². The number of anilines is 1. The molecular weight excluding hydrogens is 368 g/mol. The molecule has 1 saturated heterocycles. The topological polar surface area (TPSA) is 90.9 Å². The molecule has 7 nitrogen and oxygen atoms in total. The first kappa shape index (κ1) is 18.9. The lowest BCUT2D eigenvalue weighted by Crippen LogP contribution is -2.50. The number of piperidine rings is 1. The van der Waals surface area contributed by atoms with Crippen LogP contribution in [0.1, 0.15) is 30.4 Å². The second-order valence-corrected chi connectivity index (χ2v) is 7.12. The lowest BCUT2D eigenvalue weighted by atomic mass is 10.0. The molecule has 0 bridgehead atoms. The van der Waals surface area contributed by atoms with Gasteiger partial charge in [0.1, 0.15) is 0 Å². The molecule has 4 amide bonds. The third-order valence-corrected chi connectivity index (χ3v) is 5.12. The standard InChI is InChI=1S/C22H22N4O3/c27-20-19(21(28)25-22(29)26-13-7-2-8-14-26)24-18(15-9-3-1-4-10-15)16-11-5-6-12-17(16)23-20/h1,3-6,9-12,19H,2,7-8,13-14H2,(H,23,27)(H,25,28,29). The van der Waals surface area contributed by atoms with Gasteiger partial charge < -0.3 is 10.2 Å². The molecule has 148 valence electrons. The number of carbonyl (C=O) groups is 3. The molecule has 0 spiro atoms. The normalized spacial score (nSPS) is 18.8. The van der Waals surface area contributed by atoms with Crippen molar-refractivity contribution in [3.8, 4) is 0 Å². The van der Waals surface area contributed by atoms with Crippen LogP contribution >= 0.6 is 0 Å². The number of fused-ring (bicyclic) bond motifs is 1. The molecule has 7 heteroatoms. The number of amides is 4. The number of benzene rings is 2. The molecule has 29 heavy (non-hydrogen) atoms. The number of benzodiazepines with no additional fused rings is 1. The van der Waals surface area contributed by atoms with Gasteiger partial charge in [-0.25, -0.2) is 4.79 Å². The zero-order valence-electron chi connectivity index (χ0n) is 15.9. The zero-order valence-corrected chi connectivity index (χ0v) is 15.9. The lowest BCUT2D eigenvalue weighted by Gasteiger charge is -2.26. The molecular formula is C22H22N4O3. The average molecular weight is 390 g/mol. The van der Waals surface area contributed by atoms with Gasteiger partial charge in [0.2, 0.25) is 6.04 Å². The first-order valence-corrected chi connectivity index (χ1v) is 9.77. The van der Waals surface area contributed by atoms with Crippen LogP contribution in [0.25, 0.3) is 0 Å². The van der Waals surface area contributed by atoms with Crippen LogP contribution in [0.3, 0.4) is 0 Å². The second kappa shape index (κ2) is 8.26. The maximum Gasteiger partial charge on any atom is 0.324 e. The molecule has 1 unspecified atom stereocenters. The summed E-state index contributed by atoms with van der Waals surface area (Å²) in [6, 6.07) is 14.8. The Bertz CT molecular complexity index is 965. The van der Waals surface area contributed by atoms with E-state index in [4.69, 9.17) is 0 Å². The van der Waals surface area contributed by atoms with Gasteiger partial charge in [-0.05, 0) is 25.3 Å². The Labute approximate surface area is 168 Å². The van der Waals surface area contributed by atoms with Gasteiger partial charge in [-0.2, -0.15) is 0 Å². The summed E-state index contributed by atoms with van der Waals surface area (Å²) in [5.41, 5.74) is 2.63. The summed E-state index contributed by atoms with van der Waals surface area (Å²) in [6.45, 7) is 1.22. The van der Waals surface area contributed by atoms with Crippen molar-refractivity contribution in [1.29, 1.82) is 0 Å². The van der Waals surface area contributed by atoms with Gasteiger partial charge in [-0.3, -0.25) is 19.9 Å². The van der Waals surface area contributed by atoms with Crippen molar-refractivity contribution < 1.29 is 14.4 Å². The highest BCUT2D eigenvalue weighted by Gasteiger charge is 2.33. The maximum atomic E-state index is 12.8. The van der Waals surface area contributed by atoms with E-state index in [0.29, 0.717) is 24.5 Å². The minimum atomic E-state index is -1.36. The summed E-state index contributed by atoms with van der Waals surface area (Å²) in [5, 5.41) is 5.12. The van der Waals surface area contributed by atoms with Gasteiger partial charge >= 0.3 is 6.03 Å². The van der Waals surface area contributed by atoms with Crippen molar-refractivity contribution in [2.24, 2.45) is 4.99 Å². The SMILES string of the molecule is O=C(NC(=O)N1CCCCC1)C1N=C(c2ccccc2)c2ccccc2NC1=O. The molecule has 2 aliphatic heterocycles. The zero-order chi connectivity index (χ0) is 20.2. The van der Waals surface area contributed by atoms with Crippen LogP contribution in [-0.2, 0) is 9.59 Å². The Morgan fingerprint density at radius 2 is 1.66 bits per heavy atom. The van der Waals surface area contributed by atoms with E-state index in [0.717, 1.165) is 30.4 Å². The smallest absolute Gasteiger partial charge is 0.324 e. The molecule has 0 saturated carbocycles. The number of hydrogen-bond acceptors (Lipinski definition) is 4. The number of nitrogens with zero attached hydrogens (tertiary/aromatic N) is 2. The summed E-state index contributed by atoms with van der Waals surface area (Å²) in [5.74, 6) is -1.29. The number of carbonyl (C=O) groups excluding carboxylic acids is 3. The maximum absolute atomic E-state index is 12.8. The molecule has 2 aromatic carbocycles. The van der Waals surface area contributed by atoms with Crippen LogP contribution in [0, 0.1) is 0 Å². The number of para-hydroxylation sites is 1. The molecule has 2 aromatic rings. The Morgan fingerprint density at radius 3 is 2.41 bits per heavy atom. The summed E-state index contributed by atoms with van der Waals surface area (Å²) in [7, 11) is 0. The van der Waals surface area contributed by atoms with Gasteiger partial charge in [0.15, 0.2) is 0 Å².